The molecule has 54 valence electrons. The summed E-state index contributed by atoms with van der Waals surface area (Å²) >= 11 is 0. The van der Waals surface area contributed by atoms with Crippen LogP contribution in [0.2, 0.25) is 0 Å². The molecule has 0 unspecified atom stereocenters. The van der Waals surface area contributed by atoms with E-state index in [-0.39, 0.29) is 5.54 Å². The molecule has 0 aliphatic rings. The second-order valence-electron chi connectivity index (χ2n) is 2.79. The minimum atomic E-state index is -0.0174. The largest absolute Gasteiger partial charge is 0.312 e. The molecule has 0 amide bonds. The monoisotopic (exact) mass is 129 g/mol. The first kappa shape index (κ1) is 8.63. The molecule has 0 radical (unpaired) electrons. The van der Waals surface area contributed by atoms with Crippen molar-refractivity contribution in [1.82, 2.24) is 5.32 Å². The highest BCUT2D eigenvalue weighted by atomic mass is 16.1. The highest BCUT2D eigenvalue weighted by Gasteiger charge is 2.13. The van der Waals surface area contributed by atoms with E-state index in [1.54, 1.807) is 0 Å². The Hall–Kier alpha value is -0.370. The van der Waals surface area contributed by atoms with Crippen LogP contribution in [0.1, 0.15) is 27.2 Å². The van der Waals surface area contributed by atoms with Crippen LogP contribution in [-0.2, 0) is 4.79 Å². The van der Waals surface area contributed by atoms with Gasteiger partial charge in [0.25, 0.3) is 0 Å². The lowest BCUT2D eigenvalue weighted by Crippen LogP contribution is -2.39. The number of rotatable bonds is 4. The van der Waals surface area contributed by atoms with E-state index in [0.29, 0.717) is 6.42 Å². The van der Waals surface area contributed by atoms with Crippen molar-refractivity contribution in [3.8, 4) is 0 Å². The van der Waals surface area contributed by atoms with Gasteiger partial charge in [-0.05, 0) is 20.4 Å². The molecule has 2 heteroatoms. The van der Waals surface area contributed by atoms with E-state index >= 15 is 0 Å². The normalized spacial score (nSPS) is 11.4. The summed E-state index contributed by atoms with van der Waals surface area (Å²) in [5.74, 6) is 0. The first-order valence-corrected chi connectivity index (χ1v) is 3.31. The maximum atomic E-state index is 10.1. The van der Waals surface area contributed by atoms with Crippen molar-refractivity contribution in [1.29, 1.82) is 0 Å². The second kappa shape index (κ2) is 3.62. The van der Waals surface area contributed by atoms with Gasteiger partial charge in [0.1, 0.15) is 6.29 Å². The fourth-order valence-corrected chi connectivity index (χ4v) is 0.759. The standard InChI is InChI=1S/C7H15NO/c1-4-8-7(2,3)5-6-9/h6,8H,4-5H2,1-3H3. The van der Waals surface area contributed by atoms with Crippen molar-refractivity contribution < 1.29 is 4.79 Å². The van der Waals surface area contributed by atoms with Crippen molar-refractivity contribution in [3.63, 3.8) is 0 Å². The van der Waals surface area contributed by atoms with E-state index < -0.39 is 0 Å². The third-order valence-electron chi connectivity index (χ3n) is 1.25. The van der Waals surface area contributed by atoms with E-state index in [9.17, 15) is 4.79 Å². The lowest BCUT2D eigenvalue weighted by atomic mass is 10.0. The lowest BCUT2D eigenvalue weighted by Gasteiger charge is -2.22. The Labute approximate surface area is 56.6 Å². The van der Waals surface area contributed by atoms with E-state index in [2.05, 4.69) is 5.32 Å². The summed E-state index contributed by atoms with van der Waals surface area (Å²) in [6.07, 6.45) is 1.53. The molecule has 0 rings (SSSR count). The third-order valence-corrected chi connectivity index (χ3v) is 1.25. The van der Waals surface area contributed by atoms with Gasteiger partial charge in [-0.1, -0.05) is 6.92 Å². The average Bonchev–Trinajstić information content (AvgIpc) is 1.64. The molecule has 2 nitrogen and oxygen atoms in total. The molecule has 0 fully saturated rings. The molecule has 0 aromatic heterocycles. The van der Waals surface area contributed by atoms with Gasteiger partial charge >= 0.3 is 0 Å². The van der Waals surface area contributed by atoms with Crippen molar-refractivity contribution in [3.05, 3.63) is 0 Å². The highest BCUT2D eigenvalue weighted by molar-refractivity contribution is 5.51. The van der Waals surface area contributed by atoms with Crippen molar-refractivity contribution in [2.24, 2.45) is 0 Å². The molecular weight excluding hydrogens is 114 g/mol. The fourth-order valence-electron chi connectivity index (χ4n) is 0.759. The summed E-state index contributed by atoms with van der Waals surface area (Å²) in [4.78, 5) is 10.1. The maximum absolute atomic E-state index is 10.1. The fraction of sp³-hybridized carbons (Fsp3) is 0.857. The van der Waals surface area contributed by atoms with E-state index in [1.165, 1.54) is 0 Å². The van der Waals surface area contributed by atoms with Gasteiger partial charge in [-0.3, -0.25) is 0 Å². The minimum absolute atomic E-state index is 0.0174. The quantitative estimate of drug-likeness (QED) is 0.573. The Bertz CT molecular complexity index is 88.9. The van der Waals surface area contributed by atoms with Crippen LogP contribution in [0.15, 0.2) is 0 Å². The average molecular weight is 129 g/mol. The van der Waals surface area contributed by atoms with Gasteiger partial charge in [0.05, 0.1) is 0 Å². The summed E-state index contributed by atoms with van der Waals surface area (Å²) in [6.45, 7) is 6.99. The highest BCUT2D eigenvalue weighted by Crippen LogP contribution is 2.03. The number of carbonyl (C=O) groups is 1. The molecule has 0 spiro atoms. The Morgan fingerprint density at radius 3 is 2.44 bits per heavy atom. The summed E-state index contributed by atoms with van der Waals surface area (Å²) in [6, 6.07) is 0. The Morgan fingerprint density at radius 2 is 2.11 bits per heavy atom. The number of hydrogen-bond donors (Lipinski definition) is 1. The smallest absolute Gasteiger partial charge is 0.121 e. The molecule has 0 aromatic rings. The summed E-state index contributed by atoms with van der Waals surface area (Å²) < 4.78 is 0. The van der Waals surface area contributed by atoms with Crippen LogP contribution in [-0.4, -0.2) is 18.4 Å². The second-order valence-corrected chi connectivity index (χ2v) is 2.79. The lowest BCUT2D eigenvalue weighted by molar-refractivity contribution is -0.108. The van der Waals surface area contributed by atoms with Gasteiger partial charge in [-0.2, -0.15) is 0 Å². The van der Waals surface area contributed by atoms with Crippen molar-refractivity contribution >= 4 is 6.29 Å². The topological polar surface area (TPSA) is 29.1 Å². The number of nitrogens with one attached hydrogen (secondary N) is 1. The predicted octanol–water partition coefficient (Wildman–Crippen LogP) is 0.964. The first-order valence-electron chi connectivity index (χ1n) is 3.31. The molecule has 0 atom stereocenters. The first-order chi connectivity index (χ1) is 4.12. The van der Waals surface area contributed by atoms with Gasteiger partial charge in [0, 0.05) is 12.0 Å². The zero-order chi connectivity index (χ0) is 7.33. The Morgan fingerprint density at radius 1 is 1.56 bits per heavy atom. The van der Waals surface area contributed by atoms with E-state index in [1.807, 2.05) is 20.8 Å². The molecule has 0 aliphatic carbocycles. The van der Waals surface area contributed by atoms with Crippen LogP contribution in [0.25, 0.3) is 0 Å². The minimum Gasteiger partial charge on any atom is -0.312 e. The molecule has 0 saturated heterocycles. The molecule has 0 saturated carbocycles. The SMILES string of the molecule is CCNC(C)(C)CC=O. The zero-order valence-electron chi connectivity index (χ0n) is 6.40. The van der Waals surface area contributed by atoms with Gasteiger partial charge in [0.15, 0.2) is 0 Å². The molecule has 0 aliphatic heterocycles. The number of aldehydes is 1. The zero-order valence-corrected chi connectivity index (χ0v) is 6.40. The molecule has 0 aromatic carbocycles. The Kier molecular flexibility index (Phi) is 3.47. The molecule has 1 N–H and O–H groups in total. The third kappa shape index (κ3) is 4.15. The van der Waals surface area contributed by atoms with Crippen LogP contribution in [0.5, 0.6) is 0 Å². The van der Waals surface area contributed by atoms with E-state index in [0.717, 1.165) is 12.8 Å². The van der Waals surface area contributed by atoms with Crippen LogP contribution in [0.4, 0.5) is 0 Å². The molecule has 0 heterocycles. The predicted molar refractivity (Wildman–Crippen MR) is 38.4 cm³/mol. The van der Waals surface area contributed by atoms with Crippen LogP contribution in [0.3, 0.4) is 0 Å². The number of carbonyl (C=O) groups excluding carboxylic acids is 1. The van der Waals surface area contributed by atoms with Gasteiger partial charge in [-0.25, -0.2) is 0 Å². The van der Waals surface area contributed by atoms with Crippen LogP contribution < -0.4 is 5.32 Å². The Balaban J connectivity index is 3.55. The summed E-state index contributed by atoms with van der Waals surface area (Å²) in [5, 5.41) is 3.19. The number of hydrogen-bond acceptors (Lipinski definition) is 2. The molecule has 0 bridgehead atoms. The van der Waals surface area contributed by atoms with Crippen LogP contribution in [0, 0.1) is 0 Å². The van der Waals surface area contributed by atoms with Crippen molar-refractivity contribution in [2.45, 2.75) is 32.7 Å². The summed E-state index contributed by atoms with van der Waals surface area (Å²) in [5.41, 5.74) is -0.0174. The molecule has 9 heavy (non-hydrogen) atoms. The van der Waals surface area contributed by atoms with Crippen LogP contribution >= 0.6 is 0 Å². The van der Waals surface area contributed by atoms with E-state index in [4.69, 9.17) is 0 Å². The van der Waals surface area contributed by atoms with Gasteiger partial charge in [0.2, 0.25) is 0 Å². The van der Waals surface area contributed by atoms with Gasteiger partial charge < -0.3 is 10.1 Å². The molecular formula is C7H15NO. The maximum Gasteiger partial charge on any atom is 0.121 e. The van der Waals surface area contributed by atoms with Crippen molar-refractivity contribution in [2.75, 3.05) is 6.54 Å². The van der Waals surface area contributed by atoms with Gasteiger partial charge in [-0.15, -0.1) is 0 Å². The summed E-state index contributed by atoms with van der Waals surface area (Å²) in [7, 11) is 0.